The van der Waals surface area contributed by atoms with Gasteiger partial charge in [0.15, 0.2) is 0 Å². The Balaban J connectivity index is 0.000000982. The van der Waals surface area contributed by atoms with Crippen LogP contribution in [0.4, 0.5) is 0 Å². The van der Waals surface area contributed by atoms with Crippen molar-refractivity contribution in [2.75, 3.05) is 26.4 Å². The van der Waals surface area contributed by atoms with E-state index >= 15 is 0 Å². The highest BCUT2D eigenvalue weighted by atomic mass is 28.4. The molecule has 4 nitrogen and oxygen atoms in total. The number of hydrogen-bond acceptors (Lipinski definition) is 4. The molecule has 0 bridgehead atoms. The molecule has 0 aliphatic rings. The summed E-state index contributed by atoms with van der Waals surface area (Å²) in [6, 6.07) is 9.95. The zero-order valence-corrected chi connectivity index (χ0v) is 13.4. The number of benzene rings is 1. The Morgan fingerprint density at radius 1 is 0.842 bits per heavy atom. The summed E-state index contributed by atoms with van der Waals surface area (Å²) >= 11 is 0. The van der Waals surface area contributed by atoms with Crippen molar-refractivity contribution < 1.29 is 18.4 Å². The lowest BCUT2D eigenvalue weighted by Gasteiger charge is -2.28. The maximum atomic E-state index is 7.57. The second kappa shape index (κ2) is 11.1. The summed E-state index contributed by atoms with van der Waals surface area (Å²) < 4.78 is 17.4. The van der Waals surface area contributed by atoms with Crippen molar-refractivity contribution in [3.8, 4) is 0 Å². The van der Waals surface area contributed by atoms with Crippen LogP contribution in [0.2, 0.25) is 0 Å². The number of rotatable bonds is 7. The molecule has 1 N–H and O–H groups in total. The first-order valence-electron chi connectivity index (χ1n) is 6.78. The molecule has 0 saturated carbocycles. The van der Waals surface area contributed by atoms with Crippen molar-refractivity contribution in [1.29, 1.82) is 0 Å². The zero-order valence-electron chi connectivity index (χ0n) is 12.4. The van der Waals surface area contributed by atoms with Gasteiger partial charge >= 0.3 is 8.80 Å². The van der Waals surface area contributed by atoms with Gasteiger partial charge in [-0.25, -0.2) is 0 Å². The number of aliphatic hydroxyl groups excluding tert-OH is 1. The normalized spacial score (nSPS) is 10.8. The van der Waals surface area contributed by atoms with E-state index in [1.165, 1.54) is 0 Å². The predicted molar refractivity (Wildman–Crippen MR) is 79.5 cm³/mol. The Morgan fingerprint density at radius 2 is 1.21 bits per heavy atom. The zero-order chi connectivity index (χ0) is 14.6. The fourth-order valence-corrected chi connectivity index (χ4v) is 4.08. The lowest BCUT2D eigenvalue weighted by Crippen LogP contribution is -2.56. The van der Waals surface area contributed by atoms with E-state index in [-0.39, 0.29) is 6.61 Å². The minimum atomic E-state index is -2.67. The van der Waals surface area contributed by atoms with Crippen LogP contribution < -0.4 is 5.19 Å². The molecule has 0 amide bonds. The van der Waals surface area contributed by atoms with Gasteiger partial charge in [0.2, 0.25) is 0 Å². The molecule has 1 aromatic carbocycles. The topological polar surface area (TPSA) is 47.9 Å². The molecule has 0 aliphatic carbocycles. The van der Waals surface area contributed by atoms with Crippen LogP contribution in [0.25, 0.3) is 0 Å². The van der Waals surface area contributed by atoms with Crippen LogP contribution in [-0.2, 0) is 13.3 Å². The monoisotopic (exact) mass is 286 g/mol. The molecular formula is C14H26O4Si. The van der Waals surface area contributed by atoms with Gasteiger partial charge in [0.05, 0.1) is 0 Å². The lowest BCUT2D eigenvalue weighted by atomic mass is 10.4. The summed E-state index contributed by atoms with van der Waals surface area (Å²) in [5, 5.41) is 8.60. The van der Waals surface area contributed by atoms with E-state index in [1.54, 1.807) is 6.92 Å². The Kier molecular flexibility index (Phi) is 10.7. The molecule has 0 aliphatic heterocycles. The van der Waals surface area contributed by atoms with Gasteiger partial charge in [-0.3, -0.25) is 0 Å². The molecule has 0 radical (unpaired) electrons. The molecule has 0 spiro atoms. The van der Waals surface area contributed by atoms with Crippen molar-refractivity contribution >= 4 is 14.0 Å². The van der Waals surface area contributed by atoms with E-state index in [2.05, 4.69) is 0 Å². The molecule has 0 saturated heterocycles. The third-order valence-corrected chi connectivity index (χ3v) is 5.18. The van der Waals surface area contributed by atoms with Crippen molar-refractivity contribution in [1.82, 2.24) is 0 Å². The average Bonchev–Trinajstić information content (AvgIpc) is 2.41. The van der Waals surface area contributed by atoms with E-state index in [1.807, 2.05) is 51.1 Å². The van der Waals surface area contributed by atoms with Crippen molar-refractivity contribution in [3.05, 3.63) is 30.3 Å². The molecule has 0 fully saturated rings. The largest absolute Gasteiger partial charge is 0.537 e. The van der Waals surface area contributed by atoms with Crippen LogP contribution in [0.15, 0.2) is 30.3 Å². The second-order valence-electron chi connectivity index (χ2n) is 3.54. The molecule has 1 aromatic rings. The van der Waals surface area contributed by atoms with Crippen LogP contribution in [0.3, 0.4) is 0 Å². The fraction of sp³-hybridized carbons (Fsp3) is 0.571. The Bertz CT molecular complexity index is 289. The maximum absolute atomic E-state index is 7.57. The molecule has 5 heteroatoms. The summed E-state index contributed by atoms with van der Waals surface area (Å²) in [5.74, 6) is 0. The van der Waals surface area contributed by atoms with Crippen LogP contribution >= 0.6 is 0 Å². The third kappa shape index (κ3) is 6.31. The molecule has 0 heterocycles. The summed E-state index contributed by atoms with van der Waals surface area (Å²) in [6.45, 7) is 9.61. The SMILES string of the molecule is CCO.CCO[Si](OCC)(OCC)c1ccccc1. The van der Waals surface area contributed by atoms with Crippen LogP contribution in [-0.4, -0.2) is 40.3 Å². The van der Waals surface area contributed by atoms with Gasteiger partial charge in [-0.05, 0) is 27.7 Å². The first-order valence-corrected chi connectivity index (χ1v) is 8.51. The van der Waals surface area contributed by atoms with Gasteiger partial charge in [0.25, 0.3) is 0 Å². The second-order valence-corrected chi connectivity index (χ2v) is 6.09. The van der Waals surface area contributed by atoms with Gasteiger partial charge in [-0.2, -0.15) is 0 Å². The van der Waals surface area contributed by atoms with Crippen molar-refractivity contribution in [2.24, 2.45) is 0 Å². The minimum Gasteiger partial charge on any atom is -0.397 e. The summed E-state index contributed by atoms with van der Waals surface area (Å²) in [7, 11) is -2.67. The highest BCUT2D eigenvalue weighted by Crippen LogP contribution is 2.10. The van der Waals surface area contributed by atoms with E-state index in [9.17, 15) is 0 Å². The van der Waals surface area contributed by atoms with E-state index in [0.717, 1.165) is 5.19 Å². The summed E-state index contributed by atoms with van der Waals surface area (Å²) in [6.07, 6.45) is 0. The molecule has 0 unspecified atom stereocenters. The molecule has 0 aromatic heterocycles. The van der Waals surface area contributed by atoms with Gasteiger partial charge in [-0.15, -0.1) is 0 Å². The quantitative estimate of drug-likeness (QED) is 0.778. The van der Waals surface area contributed by atoms with Gasteiger partial charge in [0.1, 0.15) is 0 Å². The highest BCUT2D eigenvalue weighted by molar-refractivity contribution is 6.75. The van der Waals surface area contributed by atoms with Gasteiger partial charge < -0.3 is 18.4 Å². The molecule has 0 atom stereocenters. The highest BCUT2D eigenvalue weighted by Gasteiger charge is 2.42. The standard InChI is InChI=1S/C12H20O3Si.C2H6O/c1-4-13-16(14-5-2,15-6-3)12-10-8-7-9-11-12;1-2-3/h7-11H,4-6H2,1-3H3;3H,2H2,1H3. The number of aliphatic hydroxyl groups is 1. The molecule has 110 valence electrons. The van der Waals surface area contributed by atoms with Crippen LogP contribution in [0.1, 0.15) is 27.7 Å². The van der Waals surface area contributed by atoms with Crippen LogP contribution in [0, 0.1) is 0 Å². The molecular weight excluding hydrogens is 260 g/mol. The maximum Gasteiger partial charge on any atom is 0.537 e. The smallest absolute Gasteiger partial charge is 0.397 e. The van der Waals surface area contributed by atoms with E-state index in [4.69, 9.17) is 18.4 Å². The van der Waals surface area contributed by atoms with E-state index in [0.29, 0.717) is 19.8 Å². The molecule has 1 rings (SSSR count). The van der Waals surface area contributed by atoms with Crippen LogP contribution in [0.5, 0.6) is 0 Å². The Hall–Kier alpha value is -0.723. The van der Waals surface area contributed by atoms with Gasteiger partial charge in [-0.1, -0.05) is 30.3 Å². The third-order valence-electron chi connectivity index (χ3n) is 2.13. The first kappa shape index (κ1) is 18.3. The average molecular weight is 286 g/mol. The van der Waals surface area contributed by atoms with Gasteiger partial charge in [0, 0.05) is 31.6 Å². The van der Waals surface area contributed by atoms with Crippen molar-refractivity contribution in [2.45, 2.75) is 27.7 Å². The van der Waals surface area contributed by atoms with Crippen molar-refractivity contribution in [3.63, 3.8) is 0 Å². The number of hydrogen-bond donors (Lipinski definition) is 1. The first-order chi connectivity index (χ1) is 9.20. The Labute approximate surface area is 117 Å². The summed E-state index contributed by atoms with van der Waals surface area (Å²) in [4.78, 5) is 0. The lowest BCUT2D eigenvalue weighted by molar-refractivity contribution is 0.0859. The Morgan fingerprint density at radius 3 is 1.53 bits per heavy atom. The summed E-state index contributed by atoms with van der Waals surface area (Å²) in [5.41, 5.74) is 0. The molecule has 19 heavy (non-hydrogen) atoms. The predicted octanol–water partition coefficient (Wildman–Crippen LogP) is 1.94. The minimum absolute atomic E-state index is 0.250. The van der Waals surface area contributed by atoms with E-state index < -0.39 is 8.80 Å². The fourth-order valence-electron chi connectivity index (χ4n) is 1.59.